The highest BCUT2D eigenvalue weighted by molar-refractivity contribution is 5.97. The van der Waals surface area contributed by atoms with E-state index in [9.17, 15) is 14.0 Å². The van der Waals surface area contributed by atoms with Crippen LogP contribution in [0.4, 0.5) is 10.1 Å². The summed E-state index contributed by atoms with van der Waals surface area (Å²) in [6.07, 6.45) is 0. The Hall–Kier alpha value is -3.09. The smallest absolute Gasteiger partial charge is 0.342 e. The molecule has 0 saturated heterocycles. The summed E-state index contributed by atoms with van der Waals surface area (Å²) in [6.45, 7) is 1.21. The van der Waals surface area contributed by atoms with Crippen molar-refractivity contribution in [2.24, 2.45) is 0 Å². The standard InChI is InChI=1S/C18H18FNO5/c1-11-4-5-12(19)8-15(11)20-17(21)10-25-18(22)14-9-13(23-2)6-7-16(14)24-3/h4-9H,10H2,1-3H3,(H,20,21). The van der Waals surface area contributed by atoms with Gasteiger partial charge in [0, 0.05) is 5.69 Å². The Bertz CT molecular complexity index is 791. The van der Waals surface area contributed by atoms with Gasteiger partial charge in [0.2, 0.25) is 0 Å². The third-order valence-electron chi connectivity index (χ3n) is 3.43. The average Bonchev–Trinajstić information content (AvgIpc) is 2.62. The van der Waals surface area contributed by atoms with Crippen LogP contribution < -0.4 is 14.8 Å². The Labute approximate surface area is 144 Å². The molecule has 0 atom stereocenters. The molecule has 7 heteroatoms. The zero-order valence-electron chi connectivity index (χ0n) is 14.1. The Kier molecular flexibility index (Phi) is 5.94. The van der Waals surface area contributed by atoms with Crippen LogP contribution in [0.5, 0.6) is 11.5 Å². The second kappa shape index (κ2) is 8.14. The molecular weight excluding hydrogens is 329 g/mol. The first-order chi connectivity index (χ1) is 11.9. The van der Waals surface area contributed by atoms with E-state index in [1.54, 1.807) is 19.1 Å². The van der Waals surface area contributed by atoms with E-state index in [2.05, 4.69) is 5.32 Å². The number of nitrogens with one attached hydrogen (secondary N) is 1. The number of anilines is 1. The van der Waals surface area contributed by atoms with Crippen LogP contribution in [0.2, 0.25) is 0 Å². The number of benzene rings is 2. The Morgan fingerprint density at radius 2 is 1.84 bits per heavy atom. The minimum absolute atomic E-state index is 0.136. The molecule has 0 aliphatic carbocycles. The molecule has 2 aromatic carbocycles. The van der Waals surface area contributed by atoms with Crippen LogP contribution in [0.1, 0.15) is 15.9 Å². The van der Waals surface area contributed by atoms with Crippen molar-refractivity contribution < 1.29 is 28.2 Å². The van der Waals surface area contributed by atoms with E-state index >= 15 is 0 Å². The van der Waals surface area contributed by atoms with Gasteiger partial charge < -0.3 is 19.5 Å². The molecule has 6 nitrogen and oxygen atoms in total. The topological polar surface area (TPSA) is 73.9 Å². The number of aryl methyl sites for hydroxylation is 1. The molecule has 132 valence electrons. The van der Waals surface area contributed by atoms with Crippen LogP contribution in [-0.2, 0) is 9.53 Å². The fourth-order valence-electron chi connectivity index (χ4n) is 2.10. The lowest BCUT2D eigenvalue weighted by Crippen LogP contribution is -2.21. The normalized spacial score (nSPS) is 10.1. The lowest BCUT2D eigenvalue weighted by Gasteiger charge is -2.11. The number of rotatable bonds is 6. The molecule has 0 aliphatic heterocycles. The number of esters is 1. The second-order valence-electron chi connectivity index (χ2n) is 5.15. The zero-order valence-corrected chi connectivity index (χ0v) is 14.1. The largest absolute Gasteiger partial charge is 0.497 e. The van der Waals surface area contributed by atoms with Gasteiger partial charge in [-0.05, 0) is 42.8 Å². The fraction of sp³-hybridized carbons (Fsp3) is 0.222. The van der Waals surface area contributed by atoms with Crippen molar-refractivity contribution in [2.75, 3.05) is 26.1 Å². The van der Waals surface area contributed by atoms with Crippen molar-refractivity contribution in [3.8, 4) is 11.5 Å². The van der Waals surface area contributed by atoms with E-state index in [0.29, 0.717) is 22.7 Å². The van der Waals surface area contributed by atoms with Crippen molar-refractivity contribution in [1.82, 2.24) is 0 Å². The average molecular weight is 347 g/mol. The molecule has 1 amide bonds. The minimum Gasteiger partial charge on any atom is -0.497 e. The molecule has 0 aromatic heterocycles. The number of amides is 1. The first kappa shape index (κ1) is 18.3. The van der Waals surface area contributed by atoms with E-state index in [0.717, 1.165) is 0 Å². The third kappa shape index (κ3) is 4.69. The minimum atomic E-state index is -0.734. The molecule has 0 spiro atoms. The number of carbonyl (C=O) groups excluding carboxylic acids is 2. The van der Waals surface area contributed by atoms with E-state index in [4.69, 9.17) is 14.2 Å². The molecule has 0 radical (unpaired) electrons. The number of ether oxygens (including phenoxy) is 3. The molecule has 0 bridgehead atoms. The summed E-state index contributed by atoms with van der Waals surface area (Å²) in [7, 11) is 2.88. The van der Waals surface area contributed by atoms with E-state index < -0.39 is 24.3 Å². The predicted molar refractivity (Wildman–Crippen MR) is 89.6 cm³/mol. The van der Waals surface area contributed by atoms with Crippen molar-refractivity contribution >= 4 is 17.6 Å². The monoisotopic (exact) mass is 347 g/mol. The van der Waals surface area contributed by atoms with Gasteiger partial charge in [-0.3, -0.25) is 4.79 Å². The molecule has 2 aromatic rings. The van der Waals surface area contributed by atoms with Gasteiger partial charge in [-0.2, -0.15) is 0 Å². The van der Waals surface area contributed by atoms with Gasteiger partial charge in [-0.15, -0.1) is 0 Å². The third-order valence-corrected chi connectivity index (χ3v) is 3.43. The molecule has 25 heavy (non-hydrogen) atoms. The summed E-state index contributed by atoms with van der Waals surface area (Å²) in [6, 6.07) is 8.68. The molecule has 1 N–H and O–H groups in total. The fourth-order valence-corrected chi connectivity index (χ4v) is 2.10. The van der Waals surface area contributed by atoms with Gasteiger partial charge in [0.15, 0.2) is 6.61 Å². The Balaban J connectivity index is 2.02. The van der Waals surface area contributed by atoms with Gasteiger partial charge in [-0.25, -0.2) is 9.18 Å². The number of hydrogen-bond donors (Lipinski definition) is 1. The van der Waals surface area contributed by atoms with E-state index in [1.807, 2.05) is 0 Å². The van der Waals surface area contributed by atoms with Crippen molar-refractivity contribution in [3.05, 3.63) is 53.3 Å². The highest BCUT2D eigenvalue weighted by Crippen LogP contribution is 2.24. The zero-order chi connectivity index (χ0) is 18.4. The maximum absolute atomic E-state index is 13.2. The van der Waals surface area contributed by atoms with Gasteiger partial charge in [0.1, 0.15) is 22.9 Å². The van der Waals surface area contributed by atoms with Gasteiger partial charge in [0.25, 0.3) is 5.91 Å². The quantitative estimate of drug-likeness (QED) is 0.813. The lowest BCUT2D eigenvalue weighted by molar-refractivity contribution is -0.119. The molecular formula is C18H18FNO5. The van der Waals surface area contributed by atoms with Crippen LogP contribution in [0.15, 0.2) is 36.4 Å². The van der Waals surface area contributed by atoms with Crippen LogP contribution in [0.3, 0.4) is 0 Å². The highest BCUT2D eigenvalue weighted by Gasteiger charge is 2.17. The summed E-state index contributed by atoms with van der Waals surface area (Å²) < 4.78 is 28.4. The van der Waals surface area contributed by atoms with Gasteiger partial charge in [0.05, 0.1) is 14.2 Å². The van der Waals surface area contributed by atoms with Gasteiger partial charge >= 0.3 is 5.97 Å². The summed E-state index contributed by atoms with van der Waals surface area (Å²) in [5, 5.41) is 2.50. The summed E-state index contributed by atoms with van der Waals surface area (Å²) in [4.78, 5) is 24.1. The number of halogens is 1. The van der Waals surface area contributed by atoms with Crippen LogP contribution in [0.25, 0.3) is 0 Å². The summed E-state index contributed by atoms with van der Waals surface area (Å²) in [5.41, 5.74) is 1.15. The highest BCUT2D eigenvalue weighted by atomic mass is 19.1. The maximum atomic E-state index is 13.2. The first-order valence-electron chi connectivity index (χ1n) is 7.39. The number of methoxy groups -OCH3 is 2. The predicted octanol–water partition coefficient (Wildman–Crippen LogP) is 2.95. The summed E-state index contributed by atoms with van der Waals surface area (Å²) in [5.74, 6) is -1.04. The Morgan fingerprint density at radius 1 is 1.08 bits per heavy atom. The molecule has 2 rings (SSSR count). The number of carbonyl (C=O) groups is 2. The molecule has 0 aliphatic rings. The molecule has 0 heterocycles. The van der Waals surface area contributed by atoms with Crippen molar-refractivity contribution in [3.63, 3.8) is 0 Å². The Morgan fingerprint density at radius 3 is 2.52 bits per heavy atom. The molecule has 0 fully saturated rings. The number of hydrogen-bond acceptors (Lipinski definition) is 5. The lowest BCUT2D eigenvalue weighted by atomic mass is 10.2. The van der Waals surface area contributed by atoms with E-state index in [1.165, 1.54) is 38.5 Å². The molecule has 0 unspecified atom stereocenters. The van der Waals surface area contributed by atoms with Crippen molar-refractivity contribution in [1.29, 1.82) is 0 Å². The van der Waals surface area contributed by atoms with Crippen molar-refractivity contribution in [2.45, 2.75) is 6.92 Å². The SMILES string of the molecule is COc1ccc(OC)c(C(=O)OCC(=O)Nc2cc(F)ccc2C)c1. The second-order valence-corrected chi connectivity index (χ2v) is 5.15. The van der Waals surface area contributed by atoms with E-state index in [-0.39, 0.29) is 5.56 Å². The summed E-state index contributed by atoms with van der Waals surface area (Å²) >= 11 is 0. The van der Waals surface area contributed by atoms with Crippen LogP contribution in [0, 0.1) is 12.7 Å². The van der Waals surface area contributed by atoms with Gasteiger partial charge in [-0.1, -0.05) is 6.07 Å². The first-order valence-corrected chi connectivity index (χ1v) is 7.39. The molecule has 0 saturated carbocycles. The van der Waals surface area contributed by atoms with Crippen LogP contribution >= 0.6 is 0 Å². The maximum Gasteiger partial charge on any atom is 0.342 e. The van der Waals surface area contributed by atoms with Crippen LogP contribution in [-0.4, -0.2) is 32.7 Å².